The monoisotopic (exact) mass is 822 g/mol. The van der Waals surface area contributed by atoms with E-state index in [1.807, 2.05) is 26.8 Å². The lowest BCUT2D eigenvalue weighted by Crippen LogP contribution is -2.68. The van der Waals surface area contributed by atoms with E-state index in [1.165, 1.54) is 0 Å². The number of allylic oxidation sites excluding steroid dienone is 2. The van der Waals surface area contributed by atoms with E-state index >= 15 is 0 Å². The number of aliphatic carboxylic acids is 3. The maximum Gasteiger partial charge on any atom is 0.335 e. The van der Waals surface area contributed by atoms with Crippen LogP contribution >= 0.6 is 0 Å². The van der Waals surface area contributed by atoms with Gasteiger partial charge in [0.15, 0.2) is 30.6 Å². The van der Waals surface area contributed by atoms with Gasteiger partial charge in [0.25, 0.3) is 0 Å². The molecule has 0 bridgehead atoms. The Bertz CT molecular complexity index is 1730. The fraction of sp³-hybridized carbons (Fsp3) is 0.857. The van der Waals surface area contributed by atoms with E-state index in [2.05, 4.69) is 27.7 Å². The summed E-state index contributed by atoms with van der Waals surface area (Å²) in [6, 6.07) is 0. The average molecular weight is 823 g/mol. The van der Waals surface area contributed by atoms with Crippen LogP contribution < -0.4 is 0 Å². The van der Waals surface area contributed by atoms with Crippen LogP contribution in [0.15, 0.2) is 11.6 Å². The Kier molecular flexibility index (Phi) is 10.7. The van der Waals surface area contributed by atoms with Gasteiger partial charge < -0.3 is 59.8 Å². The Balaban J connectivity index is 1.17. The Morgan fingerprint density at radius 2 is 1.28 bits per heavy atom. The smallest absolute Gasteiger partial charge is 0.335 e. The number of aliphatic hydroxyl groups excluding tert-OH is 5. The summed E-state index contributed by atoms with van der Waals surface area (Å²) in [7, 11) is 0. The number of rotatable bonds is 7. The fourth-order valence-electron chi connectivity index (χ4n) is 13.4. The number of carboxylic acids is 3. The zero-order valence-electron chi connectivity index (χ0n) is 34.4. The molecule has 16 nitrogen and oxygen atoms in total. The molecule has 58 heavy (non-hydrogen) atoms. The van der Waals surface area contributed by atoms with Gasteiger partial charge in [-0.2, -0.15) is 0 Å². The first-order chi connectivity index (χ1) is 26.8. The largest absolute Gasteiger partial charge is 0.481 e. The van der Waals surface area contributed by atoms with E-state index in [0.717, 1.165) is 37.7 Å². The second-order valence-electron chi connectivity index (χ2n) is 20.6. The molecular weight excluding hydrogens is 760 g/mol. The number of hydrogen-bond donors (Lipinski definition) is 8. The van der Waals surface area contributed by atoms with Crippen molar-refractivity contribution in [1.82, 2.24) is 0 Å². The average Bonchev–Trinajstić information content (AvgIpc) is 3.13. The summed E-state index contributed by atoms with van der Waals surface area (Å²) in [6.45, 7) is 14.8. The Morgan fingerprint density at radius 1 is 0.690 bits per heavy atom. The first-order valence-corrected chi connectivity index (χ1v) is 20.7. The molecule has 16 heteroatoms. The molecule has 6 fully saturated rings. The summed E-state index contributed by atoms with van der Waals surface area (Å²) < 4.78 is 23.4. The lowest BCUT2D eigenvalue weighted by molar-refractivity contribution is -0.371. The zero-order chi connectivity index (χ0) is 42.9. The lowest BCUT2D eigenvalue weighted by atomic mass is 9.33. The summed E-state index contributed by atoms with van der Waals surface area (Å²) in [5.74, 6) is -4.47. The third kappa shape index (κ3) is 6.25. The van der Waals surface area contributed by atoms with Gasteiger partial charge in [-0.25, -0.2) is 9.59 Å². The van der Waals surface area contributed by atoms with Gasteiger partial charge in [-0.15, -0.1) is 0 Å². The van der Waals surface area contributed by atoms with Crippen molar-refractivity contribution in [3.05, 3.63) is 11.6 Å². The second kappa shape index (κ2) is 14.3. The highest BCUT2D eigenvalue weighted by Crippen LogP contribution is 2.75. The van der Waals surface area contributed by atoms with Crippen LogP contribution in [-0.4, -0.2) is 132 Å². The highest BCUT2D eigenvalue weighted by molar-refractivity contribution is 5.95. The van der Waals surface area contributed by atoms with E-state index in [-0.39, 0.29) is 34.4 Å². The van der Waals surface area contributed by atoms with E-state index in [9.17, 15) is 60.0 Å². The molecule has 0 aromatic rings. The van der Waals surface area contributed by atoms with Gasteiger partial charge in [-0.3, -0.25) is 9.59 Å². The van der Waals surface area contributed by atoms with Gasteiger partial charge in [0.2, 0.25) is 0 Å². The number of carboxylic acid groups (broad SMARTS) is 3. The SMILES string of the molecule is CC1(C)[C@@H](OC2O[C@H](C(=O)O)[C@@H](O)[C@H](O)C2OC2O[C@H](C(=O)O)[C@@H](O)[C@H](O)[C@H]2O)CC[C@@]2(C)[C@H]1CC[C@]1(C)[C@H]2C(=O)C=C2[C@H]3C[C@](C)(C(=O)O)CC[C@]3(C)CC[C@]21C. The quantitative estimate of drug-likeness (QED) is 0.171. The van der Waals surface area contributed by atoms with Crippen LogP contribution in [0.1, 0.15) is 106 Å². The fourth-order valence-corrected chi connectivity index (χ4v) is 13.4. The first-order valence-electron chi connectivity index (χ1n) is 20.7. The van der Waals surface area contributed by atoms with Crippen LogP contribution in [0.25, 0.3) is 0 Å². The van der Waals surface area contributed by atoms with Crippen molar-refractivity contribution >= 4 is 23.7 Å². The normalized spacial score (nSPS) is 52.6. The first kappa shape index (κ1) is 43.5. The third-order valence-electron chi connectivity index (χ3n) is 17.2. The molecule has 5 aliphatic carbocycles. The Morgan fingerprint density at radius 3 is 1.88 bits per heavy atom. The van der Waals surface area contributed by atoms with Crippen molar-refractivity contribution < 1.29 is 79.0 Å². The molecule has 7 aliphatic rings. The minimum absolute atomic E-state index is 0.0217. The van der Waals surface area contributed by atoms with Crippen LogP contribution in [-0.2, 0) is 38.1 Å². The Hall–Kier alpha value is -2.54. The van der Waals surface area contributed by atoms with Gasteiger partial charge in [0, 0.05) is 5.92 Å². The highest BCUT2D eigenvalue weighted by Gasteiger charge is 2.71. The number of hydrogen-bond acceptors (Lipinski definition) is 13. The maximum atomic E-state index is 14.8. The van der Waals surface area contributed by atoms with Gasteiger partial charge >= 0.3 is 17.9 Å². The number of aliphatic hydroxyl groups is 5. The highest BCUT2D eigenvalue weighted by atomic mass is 16.8. The topological polar surface area (TPSA) is 267 Å². The summed E-state index contributed by atoms with van der Waals surface area (Å²) >= 11 is 0. The molecule has 0 spiro atoms. The number of fused-ring (bicyclic) bond motifs is 7. The number of ketones is 1. The lowest BCUT2D eigenvalue weighted by Gasteiger charge is -2.70. The van der Waals surface area contributed by atoms with Crippen molar-refractivity contribution in [2.24, 2.45) is 50.2 Å². The molecule has 0 amide bonds. The van der Waals surface area contributed by atoms with E-state index < -0.39 is 107 Å². The van der Waals surface area contributed by atoms with Crippen molar-refractivity contribution in [2.75, 3.05) is 0 Å². The maximum absolute atomic E-state index is 14.8. The van der Waals surface area contributed by atoms with Crippen LogP contribution in [0, 0.1) is 50.2 Å². The van der Waals surface area contributed by atoms with E-state index in [1.54, 1.807) is 0 Å². The number of carbonyl (C=O) groups is 4. The molecule has 19 atom stereocenters. The van der Waals surface area contributed by atoms with Gasteiger partial charge in [0.05, 0.1) is 11.5 Å². The minimum atomic E-state index is -2.05. The standard InChI is InChI=1S/C42H62O16/c1-37(2)21-8-11-42(7)31(20(43)16-18-19-17-39(4,36(53)54)13-12-38(19,3)14-15-41(18,42)6)40(21,5)10-9-22(37)55-35-30(26(47)25(46)29(57-35)33(51)52)58-34-27(48)23(44)24(45)28(56-34)32(49)50/h16,19,21-31,34-35,44-48H,8-15,17H2,1-7H3,(H,49,50)(H,51,52)(H,53,54)/t19-,21+,22+,23+,24+,25+,26+,27-,28+,29+,30?,31+,34?,35?,38-,39-,40+,41-,42-/m1/s1. The van der Waals surface area contributed by atoms with Crippen LogP contribution in [0.5, 0.6) is 0 Å². The second-order valence-corrected chi connectivity index (χ2v) is 20.6. The molecule has 4 saturated carbocycles. The molecular formula is C42H62O16. The van der Waals surface area contributed by atoms with Gasteiger partial charge in [-0.05, 0) is 110 Å². The molecule has 2 aliphatic heterocycles. The van der Waals surface area contributed by atoms with Crippen molar-refractivity contribution in [3.8, 4) is 0 Å². The molecule has 2 saturated heterocycles. The predicted octanol–water partition coefficient (Wildman–Crippen LogP) is 2.25. The van der Waals surface area contributed by atoms with Crippen LogP contribution in [0.4, 0.5) is 0 Å². The molecule has 8 N–H and O–H groups in total. The Labute approximate surface area is 337 Å². The molecule has 0 aromatic heterocycles. The van der Waals surface area contributed by atoms with Gasteiger partial charge in [-0.1, -0.05) is 47.1 Å². The van der Waals surface area contributed by atoms with Gasteiger partial charge in [0.1, 0.15) is 36.6 Å². The molecule has 0 radical (unpaired) electrons. The third-order valence-corrected chi connectivity index (χ3v) is 17.2. The summed E-state index contributed by atoms with van der Waals surface area (Å²) in [6.07, 6.45) is -12.2. The number of ether oxygens (including phenoxy) is 4. The summed E-state index contributed by atoms with van der Waals surface area (Å²) in [5.41, 5.74) is -1.81. The van der Waals surface area contributed by atoms with Crippen molar-refractivity contribution in [3.63, 3.8) is 0 Å². The molecule has 3 unspecified atom stereocenters. The van der Waals surface area contributed by atoms with Crippen molar-refractivity contribution in [2.45, 2.75) is 174 Å². The minimum Gasteiger partial charge on any atom is -0.481 e. The molecule has 0 aromatic carbocycles. The molecule has 326 valence electrons. The van der Waals surface area contributed by atoms with Crippen LogP contribution in [0.2, 0.25) is 0 Å². The molecule has 2 heterocycles. The number of carbonyl (C=O) groups excluding carboxylic acids is 1. The predicted molar refractivity (Wildman–Crippen MR) is 199 cm³/mol. The zero-order valence-corrected chi connectivity index (χ0v) is 34.4. The van der Waals surface area contributed by atoms with Crippen LogP contribution in [0.3, 0.4) is 0 Å². The van der Waals surface area contributed by atoms with Crippen molar-refractivity contribution in [1.29, 1.82) is 0 Å². The summed E-state index contributed by atoms with van der Waals surface area (Å²) in [5, 5.41) is 83.0. The molecule has 7 rings (SSSR count). The van der Waals surface area contributed by atoms with E-state index in [4.69, 9.17) is 18.9 Å². The summed E-state index contributed by atoms with van der Waals surface area (Å²) in [4.78, 5) is 51.3. The van der Waals surface area contributed by atoms with E-state index in [0.29, 0.717) is 25.7 Å².